The summed E-state index contributed by atoms with van der Waals surface area (Å²) in [5.74, 6) is 0.218. The number of hydrogen-bond donors (Lipinski definition) is 0. The average Bonchev–Trinajstić information content (AvgIpc) is 2.67. The molecule has 0 unspecified atom stereocenters. The molecule has 0 saturated carbocycles. The van der Waals surface area contributed by atoms with Gasteiger partial charge in [-0.05, 0) is 31.2 Å². The molecule has 0 aliphatic heterocycles. The molecule has 0 atom stereocenters. The summed E-state index contributed by atoms with van der Waals surface area (Å²) < 4.78 is 7.47. The second kappa shape index (κ2) is 8.50. The van der Waals surface area contributed by atoms with Crippen LogP contribution in [0, 0.1) is 28.4 Å². The number of halogens is 2. The van der Waals surface area contributed by atoms with Crippen molar-refractivity contribution in [2.24, 2.45) is 5.10 Å². The highest BCUT2D eigenvalue weighted by Crippen LogP contribution is 2.33. The van der Waals surface area contributed by atoms with Gasteiger partial charge in [0.05, 0.1) is 22.0 Å². The van der Waals surface area contributed by atoms with Gasteiger partial charge in [-0.2, -0.15) is 15.0 Å². The van der Waals surface area contributed by atoms with E-state index < -0.39 is 10.5 Å². The van der Waals surface area contributed by atoms with Crippen molar-refractivity contribution >= 4 is 54.7 Å². The Hall–Kier alpha value is -3.10. The van der Waals surface area contributed by atoms with Gasteiger partial charge in [0, 0.05) is 20.6 Å². The summed E-state index contributed by atoms with van der Waals surface area (Å²) >= 11 is 6.53. The van der Waals surface area contributed by atoms with Crippen LogP contribution in [0.25, 0.3) is 10.9 Å². The van der Waals surface area contributed by atoms with Crippen molar-refractivity contribution in [3.63, 3.8) is 0 Å². The van der Waals surface area contributed by atoms with Crippen molar-refractivity contribution in [2.75, 3.05) is 6.61 Å². The van der Waals surface area contributed by atoms with Crippen LogP contribution >= 0.6 is 31.9 Å². The van der Waals surface area contributed by atoms with Gasteiger partial charge < -0.3 is 4.74 Å². The summed E-state index contributed by atoms with van der Waals surface area (Å²) in [6.45, 7) is 1.24. The van der Waals surface area contributed by atoms with E-state index in [4.69, 9.17) is 10.00 Å². The number of benzene rings is 2. The van der Waals surface area contributed by atoms with Gasteiger partial charge in [0.15, 0.2) is 6.61 Å². The molecule has 0 N–H and O–H groups in total. The minimum absolute atomic E-state index is 0.120. The van der Waals surface area contributed by atoms with Crippen LogP contribution in [0.1, 0.15) is 11.4 Å². The van der Waals surface area contributed by atoms with E-state index in [0.717, 1.165) is 9.15 Å². The normalized spacial score (nSPS) is 11.0. The van der Waals surface area contributed by atoms with Crippen molar-refractivity contribution in [3.05, 3.63) is 71.1 Å². The van der Waals surface area contributed by atoms with E-state index in [2.05, 4.69) is 41.9 Å². The molecule has 0 saturated heterocycles. The van der Waals surface area contributed by atoms with Crippen molar-refractivity contribution < 1.29 is 9.66 Å². The van der Waals surface area contributed by atoms with Gasteiger partial charge >= 0.3 is 5.69 Å². The lowest BCUT2D eigenvalue weighted by atomic mass is 10.2. The molecule has 0 bridgehead atoms. The van der Waals surface area contributed by atoms with Crippen LogP contribution < -0.4 is 10.3 Å². The number of nitriles is 1. The van der Waals surface area contributed by atoms with Gasteiger partial charge in [-0.25, -0.2) is 4.98 Å². The van der Waals surface area contributed by atoms with E-state index in [1.807, 2.05) is 0 Å². The highest BCUT2D eigenvalue weighted by atomic mass is 79.9. The van der Waals surface area contributed by atoms with Crippen LogP contribution in [0.4, 0.5) is 5.69 Å². The lowest BCUT2D eigenvalue weighted by molar-refractivity contribution is -0.385. The molecule has 0 aliphatic rings. The third-order valence-corrected chi connectivity index (χ3v) is 4.77. The number of nitro benzene ring substituents is 1. The molecule has 9 nitrogen and oxygen atoms in total. The van der Waals surface area contributed by atoms with Crippen LogP contribution in [0.15, 0.2) is 49.2 Å². The fourth-order valence-corrected chi connectivity index (χ4v) is 3.43. The molecule has 2 aromatic carbocycles. The Morgan fingerprint density at radius 3 is 2.79 bits per heavy atom. The summed E-state index contributed by atoms with van der Waals surface area (Å²) in [6, 6.07) is 9.70. The lowest BCUT2D eigenvalue weighted by Gasteiger charge is -2.09. The Labute approximate surface area is 180 Å². The van der Waals surface area contributed by atoms with Gasteiger partial charge in [0.1, 0.15) is 11.9 Å². The van der Waals surface area contributed by atoms with Crippen LogP contribution in [0.3, 0.4) is 0 Å². The number of ether oxygens (including phenoxy) is 1. The Morgan fingerprint density at radius 1 is 1.34 bits per heavy atom. The SMILES string of the molecule is Cc1nc2ccc(Br)cc2c(=O)n1N=Cc1cc(Br)cc([N+](=O)[O-])c1OCC#N. The molecule has 0 radical (unpaired) electrons. The van der Waals surface area contributed by atoms with E-state index in [9.17, 15) is 14.9 Å². The van der Waals surface area contributed by atoms with Gasteiger partial charge in [-0.1, -0.05) is 31.9 Å². The molecule has 0 aliphatic carbocycles. The van der Waals surface area contributed by atoms with Gasteiger partial charge in [0.25, 0.3) is 5.56 Å². The zero-order chi connectivity index (χ0) is 21.1. The van der Waals surface area contributed by atoms with Crippen molar-refractivity contribution in [2.45, 2.75) is 6.92 Å². The van der Waals surface area contributed by atoms with Crippen LogP contribution in [0.2, 0.25) is 0 Å². The van der Waals surface area contributed by atoms with Crippen molar-refractivity contribution in [1.29, 1.82) is 5.26 Å². The second-order valence-corrected chi connectivity index (χ2v) is 7.56. The zero-order valence-electron chi connectivity index (χ0n) is 14.8. The smallest absolute Gasteiger partial charge is 0.312 e. The maximum atomic E-state index is 12.8. The number of aryl methyl sites for hydroxylation is 1. The molecule has 1 heterocycles. The van der Waals surface area contributed by atoms with E-state index >= 15 is 0 Å². The van der Waals surface area contributed by atoms with Gasteiger partial charge in [0.2, 0.25) is 5.75 Å². The first kappa shape index (κ1) is 20.6. The van der Waals surface area contributed by atoms with Crippen LogP contribution in [-0.2, 0) is 0 Å². The number of fused-ring (bicyclic) bond motifs is 1. The van der Waals surface area contributed by atoms with E-state index in [-0.39, 0.29) is 23.6 Å². The molecular weight excluding hydrogens is 510 g/mol. The summed E-state index contributed by atoms with van der Waals surface area (Å²) in [7, 11) is 0. The predicted octanol–water partition coefficient (Wildman–Crippen LogP) is 3.92. The maximum Gasteiger partial charge on any atom is 0.312 e. The van der Waals surface area contributed by atoms with E-state index in [1.54, 1.807) is 31.2 Å². The van der Waals surface area contributed by atoms with Crippen LogP contribution in [0.5, 0.6) is 5.75 Å². The number of nitro groups is 1. The predicted molar refractivity (Wildman–Crippen MR) is 113 cm³/mol. The number of hydrogen-bond acceptors (Lipinski definition) is 7. The van der Waals surface area contributed by atoms with E-state index in [1.165, 1.54) is 18.3 Å². The Bertz CT molecular complexity index is 1260. The fraction of sp³-hybridized carbons (Fsp3) is 0.111. The van der Waals surface area contributed by atoms with E-state index in [0.29, 0.717) is 21.2 Å². The first-order valence-electron chi connectivity index (χ1n) is 8.02. The topological polar surface area (TPSA) is 123 Å². The standard InChI is InChI=1S/C18H11Br2N5O4/c1-10-23-15-3-2-12(19)7-14(15)18(26)24(10)22-9-11-6-13(20)8-16(25(27)28)17(11)29-5-4-21/h2-3,6-9H,5H2,1H3. The number of aromatic nitrogens is 2. The van der Waals surface area contributed by atoms with Crippen molar-refractivity contribution in [1.82, 2.24) is 9.66 Å². The quantitative estimate of drug-likeness (QED) is 0.285. The molecule has 1 aromatic heterocycles. The highest BCUT2D eigenvalue weighted by Gasteiger charge is 2.20. The molecule has 0 fully saturated rings. The van der Waals surface area contributed by atoms with Crippen molar-refractivity contribution in [3.8, 4) is 11.8 Å². The first-order chi connectivity index (χ1) is 13.8. The molecule has 146 valence electrons. The lowest BCUT2D eigenvalue weighted by Crippen LogP contribution is -2.20. The molecule has 29 heavy (non-hydrogen) atoms. The molecule has 3 aromatic rings. The Kier molecular flexibility index (Phi) is 6.05. The molecule has 0 amide bonds. The Balaban J connectivity index is 2.16. The number of nitrogens with zero attached hydrogens (tertiary/aromatic N) is 5. The summed E-state index contributed by atoms with van der Waals surface area (Å²) in [5.41, 5.74) is 0.0231. The van der Waals surface area contributed by atoms with Gasteiger partial charge in [-0.3, -0.25) is 14.9 Å². The zero-order valence-corrected chi connectivity index (χ0v) is 18.0. The summed E-state index contributed by atoms with van der Waals surface area (Å²) in [6.07, 6.45) is 1.25. The Morgan fingerprint density at radius 2 is 2.10 bits per heavy atom. The molecule has 0 spiro atoms. The minimum Gasteiger partial charge on any atom is -0.471 e. The fourth-order valence-electron chi connectivity index (χ4n) is 2.61. The summed E-state index contributed by atoms with van der Waals surface area (Å²) in [5, 5.41) is 24.6. The monoisotopic (exact) mass is 519 g/mol. The molecular formula is C18H11Br2N5O4. The number of rotatable bonds is 5. The highest BCUT2D eigenvalue weighted by molar-refractivity contribution is 9.10. The molecule has 3 rings (SSSR count). The first-order valence-corrected chi connectivity index (χ1v) is 9.61. The largest absolute Gasteiger partial charge is 0.471 e. The third-order valence-electron chi connectivity index (χ3n) is 3.82. The second-order valence-electron chi connectivity index (χ2n) is 5.73. The van der Waals surface area contributed by atoms with Gasteiger partial charge in [-0.15, -0.1) is 0 Å². The maximum absolute atomic E-state index is 12.8. The minimum atomic E-state index is -0.624. The average molecular weight is 521 g/mol. The molecule has 11 heteroatoms. The third kappa shape index (κ3) is 4.33. The van der Waals surface area contributed by atoms with Crippen LogP contribution in [-0.4, -0.2) is 27.4 Å². The summed E-state index contributed by atoms with van der Waals surface area (Å²) in [4.78, 5) is 27.9.